The minimum absolute atomic E-state index is 0. The van der Waals surface area contributed by atoms with Gasteiger partial charge in [0.1, 0.15) is 5.82 Å². The molecule has 1 aromatic carbocycles. The van der Waals surface area contributed by atoms with Gasteiger partial charge in [-0.1, -0.05) is 30.3 Å². The summed E-state index contributed by atoms with van der Waals surface area (Å²) in [5.74, 6) is 0.296. The summed E-state index contributed by atoms with van der Waals surface area (Å²) in [4.78, 5) is 8.09. The minimum Gasteiger partial charge on any atom is -0.354 e. The highest BCUT2D eigenvalue weighted by atomic mass is 19.3. The molecule has 0 radical (unpaired) electrons. The molecule has 0 unspecified atom stereocenters. The third kappa shape index (κ3) is 7.99. The number of benzene rings is 1. The Balaban J connectivity index is 0. The van der Waals surface area contributed by atoms with Crippen LogP contribution >= 0.6 is 0 Å². The van der Waals surface area contributed by atoms with Crippen molar-refractivity contribution in [2.45, 2.75) is 19.8 Å². The van der Waals surface area contributed by atoms with E-state index >= 15 is 0 Å². The molecule has 2 aromatic heterocycles. The number of anilines is 3. The molecule has 29 heavy (non-hydrogen) atoms. The van der Waals surface area contributed by atoms with Crippen LogP contribution in [-0.2, 0) is 6.42 Å². The molecule has 0 spiro atoms. The third-order valence-corrected chi connectivity index (χ3v) is 3.61. The van der Waals surface area contributed by atoms with Crippen molar-refractivity contribution >= 4 is 23.4 Å². The summed E-state index contributed by atoms with van der Waals surface area (Å²) in [7, 11) is 0. The number of nitrogens with one attached hydrogen (secondary N) is 3. The maximum atomic E-state index is 11.7. The van der Waals surface area contributed by atoms with Crippen molar-refractivity contribution in [1.29, 1.82) is 5.41 Å². The Morgan fingerprint density at radius 2 is 1.90 bits per heavy atom. The molecule has 0 atom stereocenters. The van der Waals surface area contributed by atoms with Gasteiger partial charge in [-0.2, -0.15) is 0 Å². The van der Waals surface area contributed by atoms with Crippen LogP contribution in [0.1, 0.15) is 19.7 Å². The van der Waals surface area contributed by atoms with Crippen LogP contribution < -0.4 is 16.9 Å². The second kappa shape index (κ2) is 12.1. The Morgan fingerprint density at radius 1 is 1.17 bits per heavy atom. The lowest BCUT2D eigenvalue weighted by Crippen LogP contribution is -2.00. The molecule has 7 N–H and O–H groups in total. The zero-order chi connectivity index (χ0) is 20.4. The van der Waals surface area contributed by atoms with Crippen LogP contribution in [0.3, 0.4) is 0 Å². The Morgan fingerprint density at radius 3 is 2.48 bits per heavy atom. The van der Waals surface area contributed by atoms with Gasteiger partial charge in [0, 0.05) is 38.6 Å². The first-order chi connectivity index (χ1) is 13.5. The number of rotatable bonds is 6. The molecule has 0 saturated heterocycles. The molecule has 158 valence electrons. The molecule has 0 saturated carbocycles. The Labute approximate surface area is 170 Å². The monoisotopic (exact) mass is 406 g/mol. The van der Waals surface area contributed by atoms with Crippen LogP contribution in [0.2, 0.25) is 0 Å². The van der Waals surface area contributed by atoms with Crippen molar-refractivity contribution in [3.05, 3.63) is 77.7 Å². The predicted molar refractivity (Wildman–Crippen MR) is 115 cm³/mol. The average Bonchev–Trinajstić information content (AvgIpc) is 2.69. The minimum atomic E-state index is -2.23. The first-order valence-corrected chi connectivity index (χ1v) is 8.44. The van der Waals surface area contributed by atoms with Crippen molar-refractivity contribution < 1.29 is 16.8 Å². The smallest absolute Gasteiger partial charge is 0.242 e. The molecule has 0 aliphatic heterocycles. The van der Waals surface area contributed by atoms with Crippen molar-refractivity contribution in [2.24, 2.45) is 0 Å². The largest absolute Gasteiger partial charge is 0.354 e. The Kier molecular flexibility index (Phi) is 9.86. The van der Waals surface area contributed by atoms with Gasteiger partial charge in [-0.05, 0) is 30.7 Å². The van der Waals surface area contributed by atoms with Gasteiger partial charge in [0.15, 0.2) is 0 Å². The van der Waals surface area contributed by atoms with Crippen LogP contribution in [0, 0.1) is 12.3 Å². The second-order valence-corrected chi connectivity index (χ2v) is 5.80. The molecule has 0 aliphatic rings. The standard InChI is InChI=1S/C12H13N5O.C8H8F2.H3N.2H2/c1-8-4-10(2-3-14-8)16-11-7-15-12(17-18)5-9(11)6-13;9-8(10)6-7-4-2-1-3-5-7;;;/h2-7,13,18H,1H3,(H,14,16)(H,15,17);1-5,8H,6H2;1H3;2*1H. The van der Waals surface area contributed by atoms with Gasteiger partial charge in [0.05, 0.1) is 11.9 Å². The van der Waals surface area contributed by atoms with Gasteiger partial charge >= 0.3 is 0 Å². The molecule has 7 nitrogen and oxygen atoms in total. The number of pyridine rings is 2. The Hall–Kier alpha value is -3.43. The molecule has 0 aliphatic carbocycles. The van der Waals surface area contributed by atoms with Crippen molar-refractivity contribution in [3.63, 3.8) is 0 Å². The number of aromatic nitrogens is 2. The molecule has 0 amide bonds. The molecule has 3 rings (SSSR count). The van der Waals surface area contributed by atoms with E-state index in [1.165, 1.54) is 6.21 Å². The number of alkyl halides is 2. The number of hydrogen-bond donors (Lipinski definition) is 5. The van der Waals surface area contributed by atoms with E-state index in [1.807, 2.05) is 30.6 Å². The van der Waals surface area contributed by atoms with E-state index in [0.29, 0.717) is 22.6 Å². The first-order valence-electron chi connectivity index (χ1n) is 8.44. The molecular formula is C20H28F2N6O. The van der Waals surface area contributed by atoms with Gasteiger partial charge in [0.25, 0.3) is 0 Å². The summed E-state index contributed by atoms with van der Waals surface area (Å²) < 4.78 is 23.4. The van der Waals surface area contributed by atoms with E-state index in [1.54, 1.807) is 42.7 Å². The second-order valence-electron chi connectivity index (χ2n) is 5.80. The highest BCUT2D eigenvalue weighted by molar-refractivity contribution is 5.88. The maximum Gasteiger partial charge on any atom is 0.242 e. The molecule has 0 fully saturated rings. The fourth-order valence-corrected chi connectivity index (χ4v) is 2.33. The summed E-state index contributed by atoms with van der Waals surface area (Å²) in [5, 5.41) is 19.3. The lowest BCUT2D eigenvalue weighted by molar-refractivity contribution is 0.149. The molecule has 9 heteroatoms. The van der Waals surface area contributed by atoms with Crippen LogP contribution in [0.25, 0.3) is 0 Å². The van der Waals surface area contributed by atoms with Crippen LogP contribution in [0.15, 0.2) is 60.9 Å². The lowest BCUT2D eigenvalue weighted by atomic mass is 10.2. The SMILES string of the molecule is Cc1cc(Nc2cnc(NO)cc2C=N)ccn1.FC(F)Cc1ccccc1.N.[HH].[HH]. The predicted octanol–water partition coefficient (Wildman–Crippen LogP) is 5.48. The summed E-state index contributed by atoms with van der Waals surface area (Å²) in [6.07, 6.45) is 2.08. The van der Waals surface area contributed by atoms with E-state index in [4.69, 9.17) is 10.6 Å². The van der Waals surface area contributed by atoms with Gasteiger partial charge in [-0.3, -0.25) is 15.7 Å². The molecule has 3 aromatic rings. The van der Waals surface area contributed by atoms with Gasteiger partial charge < -0.3 is 16.9 Å². The molecule has 0 bridgehead atoms. The summed E-state index contributed by atoms with van der Waals surface area (Å²) in [6, 6.07) is 14.0. The average molecular weight is 406 g/mol. The highest BCUT2D eigenvalue weighted by Crippen LogP contribution is 2.21. The lowest BCUT2D eigenvalue weighted by Gasteiger charge is -2.10. The van der Waals surface area contributed by atoms with Crippen molar-refractivity contribution in [1.82, 2.24) is 16.1 Å². The summed E-state index contributed by atoms with van der Waals surface area (Å²) in [6.45, 7) is 1.90. The maximum absolute atomic E-state index is 11.7. The Bertz CT molecular complexity index is 904. The number of hydrogen-bond acceptors (Lipinski definition) is 7. The van der Waals surface area contributed by atoms with Crippen LogP contribution in [-0.4, -0.2) is 27.8 Å². The topological polar surface area (TPSA) is 129 Å². The van der Waals surface area contributed by atoms with Crippen LogP contribution in [0.4, 0.5) is 26.0 Å². The molecular weight excluding hydrogens is 378 g/mol. The number of aryl methyl sites for hydroxylation is 1. The zero-order valence-electron chi connectivity index (χ0n) is 15.9. The van der Waals surface area contributed by atoms with Gasteiger partial charge in [-0.25, -0.2) is 13.8 Å². The normalized spacial score (nSPS) is 9.69. The van der Waals surface area contributed by atoms with Gasteiger partial charge in [-0.15, -0.1) is 0 Å². The van der Waals surface area contributed by atoms with E-state index < -0.39 is 6.43 Å². The van der Waals surface area contributed by atoms with E-state index in [-0.39, 0.29) is 15.4 Å². The molecule has 2 heterocycles. The van der Waals surface area contributed by atoms with Crippen molar-refractivity contribution in [3.8, 4) is 0 Å². The fourth-order valence-electron chi connectivity index (χ4n) is 2.33. The zero-order valence-corrected chi connectivity index (χ0v) is 15.9. The van der Waals surface area contributed by atoms with Crippen LogP contribution in [0.5, 0.6) is 0 Å². The van der Waals surface area contributed by atoms with E-state index in [2.05, 4.69) is 15.3 Å². The van der Waals surface area contributed by atoms with Crippen molar-refractivity contribution in [2.75, 3.05) is 10.8 Å². The summed E-state index contributed by atoms with van der Waals surface area (Å²) >= 11 is 0. The summed E-state index contributed by atoms with van der Waals surface area (Å²) in [5.41, 5.74) is 5.73. The number of nitrogens with zero attached hydrogens (tertiary/aromatic N) is 2. The third-order valence-electron chi connectivity index (χ3n) is 3.61. The number of halogens is 2. The van der Waals surface area contributed by atoms with Gasteiger partial charge in [0.2, 0.25) is 6.43 Å². The first kappa shape index (κ1) is 23.6. The van der Waals surface area contributed by atoms with E-state index in [0.717, 1.165) is 11.4 Å². The quantitative estimate of drug-likeness (QED) is 0.272. The highest BCUT2D eigenvalue weighted by Gasteiger charge is 2.04. The van der Waals surface area contributed by atoms with E-state index in [9.17, 15) is 8.78 Å². The fraction of sp³-hybridized carbons (Fsp3) is 0.150.